The Bertz CT molecular complexity index is 581. The van der Waals surface area contributed by atoms with Crippen molar-refractivity contribution in [3.05, 3.63) is 60.2 Å². The van der Waals surface area contributed by atoms with E-state index in [1.807, 2.05) is 30.3 Å². The Labute approximate surface area is 138 Å². The van der Waals surface area contributed by atoms with Crippen LogP contribution in [0.2, 0.25) is 0 Å². The van der Waals surface area contributed by atoms with E-state index in [-0.39, 0.29) is 18.4 Å². The van der Waals surface area contributed by atoms with Crippen LogP contribution < -0.4 is 5.73 Å². The lowest BCUT2D eigenvalue weighted by Crippen LogP contribution is -2.31. The molecule has 2 nitrogen and oxygen atoms in total. The summed E-state index contributed by atoms with van der Waals surface area (Å²) in [6, 6.07) is 18.2. The van der Waals surface area contributed by atoms with Crippen molar-refractivity contribution in [3.63, 3.8) is 0 Å². The largest absolute Gasteiger partial charge is 0.391 e. The molecule has 0 aromatic heterocycles. The Morgan fingerprint density at radius 3 is 2.23 bits per heavy atom. The third-order valence-electron chi connectivity index (χ3n) is 4.63. The third kappa shape index (κ3) is 3.70. The molecule has 0 radical (unpaired) electrons. The molecule has 0 heterocycles. The summed E-state index contributed by atoms with van der Waals surface area (Å²) in [5.74, 6) is 0.361. The maximum absolute atomic E-state index is 10.5. The van der Waals surface area contributed by atoms with Crippen LogP contribution in [0, 0.1) is 5.92 Å². The Hall–Kier alpha value is -1.35. The molecule has 3 N–H and O–H groups in total. The molecule has 3 heteroatoms. The van der Waals surface area contributed by atoms with Crippen molar-refractivity contribution >= 4 is 12.4 Å². The fourth-order valence-corrected chi connectivity index (χ4v) is 3.35. The average Bonchev–Trinajstić information content (AvgIpc) is 3.09. The molecule has 118 valence electrons. The summed E-state index contributed by atoms with van der Waals surface area (Å²) < 4.78 is 0. The third-order valence-corrected chi connectivity index (χ3v) is 4.63. The lowest BCUT2D eigenvalue weighted by atomic mass is 9.89. The zero-order chi connectivity index (χ0) is 14.7. The van der Waals surface area contributed by atoms with E-state index in [1.54, 1.807) is 0 Å². The van der Waals surface area contributed by atoms with Crippen LogP contribution in [0.4, 0.5) is 0 Å². The molecule has 0 saturated heterocycles. The van der Waals surface area contributed by atoms with Gasteiger partial charge in [-0.3, -0.25) is 0 Å². The maximum Gasteiger partial charge on any atom is 0.0760 e. The highest BCUT2D eigenvalue weighted by Gasteiger charge is 2.28. The summed E-state index contributed by atoms with van der Waals surface area (Å²) in [5.41, 5.74) is 9.68. The van der Waals surface area contributed by atoms with Crippen LogP contribution in [-0.2, 0) is 0 Å². The van der Waals surface area contributed by atoms with Gasteiger partial charge in [0.05, 0.1) is 12.1 Å². The Morgan fingerprint density at radius 1 is 0.909 bits per heavy atom. The lowest BCUT2D eigenvalue weighted by Gasteiger charge is -2.25. The second kappa shape index (κ2) is 7.77. The van der Waals surface area contributed by atoms with Crippen LogP contribution in [0.15, 0.2) is 54.6 Å². The van der Waals surface area contributed by atoms with Gasteiger partial charge in [-0.1, -0.05) is 61.4 Å². The van der Waals surface area contributed by atoms with Crippen LogP contribution in [0.3, 0.4) is 0 Å². The molecule has 0 spiro atoms. The molecule has 1 aliphatic rings. The summed E-state index contributed by atoms with van der Waals surface area (Å²) in [6.07, 6.45) is 4.22. The van der Waals surface area contributed by atoms with Crippen molar-refractivity contribution in [3.8, 4) is 11.1 Å². The highest BCUT2D eigenvalue weighted by Crippen LogP contribution is 2.33. The van der Waals surface area contributed by atoms with Gasteiger partial charge in [-0.15, -0.1) is 12.4 Å². The van der Waals surface area contributed by atoms with Crippen molar-refractivity contribution in [2.45, 2.75) is 37.8 Å². The first-order valence-electron chi connectivity index (χ1n) is 7.85. The highest BCUT2D eigenvalue weighted by molar-refractivity contribution is 5.85. The molecule has 0 unspecified atom stereocenters. The molecular formula is C19H24ClNO. The predicted molar refractivity (Wildman–Crippen MR) is 94.0 cm³/mol. The minimum Gasteiger partial charge on any atom is -0.391 e. The summed E-state index contributed by atoms with van der Waals surface area (Å²) in [5, 5.41) is 10.5. The van der Waals surface area contributed by atoms with E-state index in [0.29, 0.717) is 5.92 Å². The van der Waals surface area contributed by atoms with E-state index in [9.17, 15) is 5.11 Å². The van der Waals surface area contributed by atoms with E-state index in [0.717, 1.165) is 24.0 Å². The first kappa shape index (κ1) is 17.0. The normalized spacial score (nSPS) is 17.7. The van der Waals surface area contributed by atoms with Gasteiger partial charge >= 0.3 is 0 Å². The smallest absolute Gasteiger partial charge is 0.0760 e. The van der Waals surface area contributed by atoms with Crippen LogP contribution >= 0.6 is 12.4 Å². The molecule has 22 heavy (non-hydrogen) atoms. The molecule has 1 aliphatic carbocycles. The van der Waals surface area contributed by atoms with Crippen molar-refractivity contribution in [1.82, 2.24) is 0 Å². The maximum atomic E-state index is 10.5. The minimum absolute atomic E-state index is 0. The summed E-state index contributed by atoms with van der Waals surface area (Å²) >= 11 is 0. The number of hydrogen-bond donors (Lipinski definition) is 2. The van der Waals surface area contributed by atoms with Crippen LogP contribution in [0.25, 0.3) is 11.1 Å². The quantitative estimate of drug-likeness (QED) is 0.881. The van der Waals surface area contributed by atoms with Crippen LogP contribution in [0.5, 0.6) is 0 Å². The number of halogens is 1. The highest BCUT2D eigenvalue weighted by atomic mass is 35.5. The molecule has 2 atom stereocenters. The van der Waals surface area contributed by atoms with Crippen molar-refractivity contribution in [2.24, 2.45) is 11.7 Å². The first-order chi connectivity index (χ1) is 10.3. The number of aliphatic hydroxyl groups excluding tert-OH is 1. The topological polar surface area (TPSA) is 46.2 Å². The fraction of sp³-hybridized carbons (Fsp3) is 0.368. The van der Waals surface area contributed by atoms with Gasteiger partial charge in [-0.05, 0) is 41.5 Å². The SMILES string of the molecule is Cl.N[C@@H](c1cccc(-c2ccccc2)c1)[C@H](O)C1CCCC1. The monoisotopic (exact) mass is 317 g/mol. The van der Waals surface area contributed by atoms with Gasteiger partial charge < -0.3 is 10.8 Å². The summed E-state index contributed by atoms with van der Waals surface area (Å²) in [4.78, 5) is 0. The van der Waals surface area contributed by atoms with Crippen molar-refractivity contribution < 1.29 is 5.11 Å². The van der Waals surface area contributed by atoms with E-state index in [4.69, 9.17) is 5.73 Å². The second-order valence-electron chi connectivity index (χ2n) is 6.05. The Kier molecular flexibility index (Phi) is 6.01. The van der Waals surface area contributed by atoms with E-state index in [1.165, 1.54) is 18.4 Å². The number of rotatable bonds is 4. The molecule has 0 amide bonds. The van der Waals surface area contributed by atoms with Crippen LogP contribution in [0.1, 0.15) is 37.3 Å². The van der Waals surface area contributed by atoms with E-state index < -0.39 is 6.10 Å². The van der Waals surface area contributed by atoms with Gasteiger partial charge in [-0.2, -0.15) is 0 Å². The zero-order valence-corrected chi connectivity index (χ0v) is 13.5. The second-order valence-corrected chi connectivity index (χ2v) is 6.05. The van der Waals surface area contributed by atoms with Crippen LogP contribution in [-0.4, -0.2) is 11.2 Å². The van der Waals surface area contributed by atoms with Gasteiger partial charge in [0.1, 0.15) is 0 Å². The van der Waals surface area contributed by atoms with Gasteiger partial charge in [0.2, 0.25) is 0 Å². The van der Waals surface area contributed by atoms with Gasteiger partial charge in [0.25, 0.3) is 0 Å². The zero-order valence-electron chi connectivity index (χ0n) is 12.7. The number of nitrogens with two attached hydrogens (primary N) is 1. The Morgan fingerprint density at radius 2 is 1.55 bits per heavy atom. The number of aliphatic hydroxyl groups is 1. The van der Waals surface area contributed by atoms with Crippen molar-refractivity contribution in [1.29, 1.82) is 0 Å². The van der Waals surface area contributed by atoms with Gasteiger partial charge in [0, 0.05) is 0 Å². The molecule has 2 aromatic rings. The summed E-state index contributed by atoms with van der Waals surface area (Å²) in [6.45, 7) is 0. The fourth-order valence-electron chi connectivity index (χ4n) is 3.35. The van der Waals surface area contributed by atoms with E-state index >= 15 is 0 Å². The molecule has 1 saturated carbocycles. The molecule has 3 rings (SSSR count). The molecule has 0 aliphatic heterocycles. The summed E-state index contributed by atoms with van der Waals surface area (Å²) in [7, 11) is 0. The number of benzene rings is 2. The van der Waals surface area contributed by atoms with Gasteiger partial charge in [0.15, 0.2) is 0 Å². The molecule has 1 fully saturated rings. The molecule has 2 aromatic carbocycles. The first-order valence-corrected chi connectivity index (χ1v) is 7.85. The lowest BCUT2D eigenvalue weighted by molar-refractivity contribution is 0.0845. The number of hydrogen-bond acceptors (Lipinski definition) is 2. The van der Waals surface area contributed by atoms with Gasteiger partial charge in [-0.25, -0.2) is 0 Å². The Balaban J connectivity index is 0.00000176. The van der Waals surface area contributed by atoms with Crippen molar-refractivity contribution in [2.75, 3.05) is 0 Å². The average molecular weight is 318 g/mol. The predicted octanol–water partition coefficient (Wildman–Crippen LogP) is 4.33. The standard InChI is InChI=1S/C19H23NO.ClH/c20-18(19(21)15-9-4-5-10-15)17-12-6-11-16(13-17)14-7-2-1-3-8-14;/h1-3,6-8,11-13,15,18-19,21H,4-5,9-10,20H2;1H/t18-,19+;/m0./s1. The van der Waals surface area contributed by atoms with E-state index in [2.05, 4.69) is 24.3 Å². The molecular weight excluding hydrogens is 294 g/mol. The molecule has 0 bridgehead atoms. The minimum atomic E-state index is -0.432.